The Morgan fingerprint density at radius 1 is 1.15 bits per heavy atom. The molecule has 1 aliphatic rings. The van der Waals surface area contributed by atoms with Crippen LogP contribution in [0.3, 0.4) is 0 Å². The van der Waals surface area contributed by atoms with Crippen molar-refractivity contribution in [3.63, 3.8) is 0 Å². The Hall–Kier alpha value is 0.943. The molecule has 0 spiro atoms. The molecule has 0 radical (unpaired) electrons. The van der Waals surface area contributed by atoms with Crippen LogP contribution in [0.1, 0.15) is 40.0 Å². The van der Waals surface area contributed by atoms with E-state index >= 15 is 0 Å². The second kappa shape index (κ2) is 7.26. The molecule has 1 aliphatic carbocycles. The Bertz CT molecular complexity index is 229. The van der Waals surface area contributed by atoms with Gasteiger partial charge in [-0.25, -0.2) is 0 Å². The predicted octanol–water partition coefficient (Wildman–Crippen LogP) is -2.66. The van der Waals surface area contributed by atoms with Crippen LogP contribution in [0.2, 0.25) is 0 Å². The van der Waals surface area contributed by atoms with E-state index in [2.05, 4.69) is 20.8 Å². The first-order chi connectivity index (χ1) is 5.20. The standard InChI is InChI=1S/C10H15.2ClH.Zr/c1-4-9-6-8(3)10(5-2)7-9;;;/h4-6H2,1-3H3;2*1H;/q;;;+2/p-2. The zero-order valence-corrected chi connectivity index (χ0v) is 12.3. The van der Waals surface area contributed by atoms with Crippen molar-refractivity contribution in [1.82, 2.24) is 0 Å². The number of rotatable bonds is 2. The summed E-state index contributed by atoms with van der Waals surface area (Å²) in [6.45, 7) is 6.82. The molecule has 73 valence electrons. The molecule has 0 amide bonds. The maximum absolute atomic E-state index is 2.28. The van der Waals surface area contributed by atoms with E-state index in [0.717, 1.165) is 0 Å². The van der Waals surface area contributed by atoms with Crippen LogP contribution < -0.4 is 24.8 Å². The van der Waals surface area contributed by atoms with Crippen molar-refractivity contribution in [2.45, 2.75) is 40.0 Å². The normalized spacial score (nSPS) is 15.8. The quantitative estimate of drug-likeness (QED) is 0.522. The van der Waals surface area contributed by atoms with Crippen molar-refractivity contribution >= 4 is 0 Å². The molecule has 0 heterocycles. The summed E-state index contributed by atoms with van der Waals surface area (Å²) in [5, 5.41) is 0. The van der Waals surface area contributed by atoms with Gasteiger partial charge in [-0.15, -0.1) is 0 Å². The molecule has 0 N–H and O–H groups in total. The van der Waals surface area contributed by atoms with Crippen molar-refractivity contribution in [3.8, 4) is 0 Å². The van der Waals surface area contributed by atoms with E-state index in [9.17, 15) is 0 Å². The smallest absolute Gasteiger partial charge is 1.00 e. The Labute approximate surface area is 109 Å². The van der Waals surface area contributed by atoms with Crippen molar-refractivity contribution in [3.05, 3.63) is 20.0 Å². The summed E-state index contributed by atoms with van der Waals surface area (Å²) < 4.78 is 1.67. The van der Waals surface area contributed by atoms with Crippen LogP contribution >= 0.6 is 0 Å². The maximum Gasteiger partial charge on any atom is -1.00 e. The molecule has 13 heavy (non-hydrogen) atoms. The minimum atomic E-state index is 0. The summed E-state index contributed by atoms with van der Waals surface area (Å²) in [7, 11) is 0. The molecule has 0 atom stereocenters. The molecule has 0 aromatic rings. The first-order valence-electron chi connectivity index (χ1n) is 4.33. The van der Waals surface area contributed by atoms with Crippen molar-refractivity contribution in [2.24, 2.45) is 0 Å². The van der Waals surface area contributed by atoms with Gasteiger partial charge in [-0.05, 0) is 0 Å². The summed E-state index contributed by atoms with van der Waals surface area (Å²) in [6.07, 6.45) is 3.75. The van der Waals surface area contributed by atoms with E-state index in [4.69, 9.17) is 0 Å². The molecular weight excluding hydrogens is 282 g/mol. The molecule has 0 unspecified atom stereocenters. The van der Waals surface area contributed by atoms with Gasteiger partial charge in [0.15, 0.2) is 0 Å². The van der Waals surface area contributed by atoms with Gasteiger partial charge in [0.25, 0.3) is 0 Å². The van der Waals surface area contributed by atoms with Crippen LogP contribution in [0.15, 0.2) is 20.0 Å². The van der Waals surface area contributed by atoms with Crippen LogP contribution in [-0.2, 0) is 24.7 Å². The van der Waals surface area contributed by atoms with E-state index < -0.39 is 0 Å². The van der Waals surface area contributed by atoms with Crippen LogP contribution in [-0.4, -0.2) is 0 Å². The monoisotopic (exact) mass is 295 g/mol. The van der Waals surface area contributed by atoms with E-state index in [0.29, 0.717) is 0 Å². The van der Waals surface area contributed by atoms with Gasteiger partial charge in [0.2, 0.25) is 0 Å². The van der Waals surface area contributed by atoms with Crippen molar-refractivity contribution in [2.75, 3.05) is 0 Å². The van der Waals surface area contributed by atoms with E-state index in [1.807, 2.05) is 0 Å². The minimum absolute atomic E-state index is 0. The van der Waals surface area contributed by atoms with Gasteiger partial charge in [-0.2, -0.15) is 0 Å². The predicted molar refractivity (Wildman–Crippen MR) is 44.9 cm³/mol. The van der Waals surface area contributed by atoms with Crippen LogP contribution in [0.25, 0.3) is 0 Å². The summed E-state index contributed by atoms with van der Waals surface area (Å²) in [6, 6.07) is 0. The largest absolute Gasteiger partial charge is 1.00 e. The topological polar surface area (TPSA) is 0 Å². The third-order valence-electron chi connectivity index (χ3n) is 2.43. The fourth-order valence-corrected chi connectivity index (χ4v) is 3.33. The van der Waals surface area contributed by atoms with Crippen LogP contribution in [0, 0.1) is 0 Å². The van der Waals surface area contributed by atoms with Gasteiger partial charge in [-0.3, -0.25) is 0 Å². The fourth-order valence-electron chi connectivity index (χ4n) is 1.72. The molecule has 0 nitrogen and oxygen atoms in total. The average molecular weight is 297 g/mol. The van der Waals surface area contributed by atoms with Crippen molar-refractivity contribution < 1.29 is 49.5 Å². The van der Waals surface area contributed by atoms with Crippen molar-refractivity contribution in [1.29, 1.82) is 0 Å². The van der Waals surface area contributed by atoms with Gasteiger partial charge in [0.1, 0.15) is 0 Å². The van der Waals surface area contributed by atoms with Gasteiger partial charge < -0.3 is 24.8 Å². The summed E-state index contributed by atoms with van der Waals surface area (Å²) in [5.74, 6) is 0. The van der Waals surface area contributed by atoms with Gasteiger partial charge >= 0.3 is 84.8 Å². The Kier molecular flexibility index (Phi) is 9.15. The number of hydrogen-bond acceptors (Lipinski definition) is 0. The first kappa shape index (κ1) is 16.4. The van der Waals surface area contributed by atoms with Crippen LogP contribution in [0.5, 0.6) is 0 Å². The number of halogens is 2. The van der Waals surface area contributed by atoms with E-state index in [1.54, 1.807) is 44.7 Å². The van der Waals surface area contributed by atoms with Gasteiger partial charge in [0, 0.05) is 0 Å². The molecule has 0 aromatic carbocycles. The Morgan fingerprint density at radius 2 is 1.69 bits per heavy atom. The molecule has 0 fully saturated rings. The molecule has 0 saturated heterocycles. The number of allylic oxidation sites excluding steroid dienone is 4. The molecule has 0 saturated carbocycles. The summed E-state index contributed by atoms with van der Waals surface area (Å²) in [5.41, 5.74) is 4.97. The third-order valence-corrected chi connectivity index (χ3v) is 4.04. The zero-order valence-electron chi connectivity index (χ0n) is 8.38. The number of hydrogen-bond donors (Lipinski definition) is 0. The van der Waals surface area contributed by atoms with E-state index in [1.165, 1.54) is 19.3 Å². The molecule has 0 aromatic heterocycles. The minimum Gasteiger partial charge on any atom is -1.00 e. The third kappa shape index (κ3) is 3.53. The average Bonchev–Trinajstić information content (AvgIpc) is 2.26. The molecule has 3 heteroatoms. The van der Waals surface area contributed by atoms with Gasteiger partial charge in [-0.1, -0.05) is 0 Å². The zero-order chi connectivity index (χ0) is 8.43. The second-order valence-electron chi connectivity index (χ2n) is 3.12. The summed E-state index contributed by atoms with van der Waals surface area (Å²) in [4.78, 5) is 0. The molecule has 0 bridgehead atoms. The molecular formula is C10H15Cl2Zr. The Morgan fingerprint density at radius 3 is 1.92 bits per heavy atom. The summed E-state index contributed by atoms with van der Waals surface area (Å²) >= 11 is 1.61. The second-order valence-corrected chi connectivity index (χ2v) is 4.35. The van der Waals surface area contributed by atoms with Gasteiger partial charge in [0.05, 0.1) is 0 Å². The Balaban J connectivity index is 0. The molecule has 1 rings (SSSR count). The fraction of sp³-hybridized carbons (Fsp3) is 0.600. The molecule has 0 aliphatic heterocycles. The SMILES string of the molecule is CCC1=[C]([Zr+2])C(CC)=C(C)C1.[Cl-].[Cl-]. The first-order valence-corrected chi connectivity index (χ1v) is 5.56. The van der Waals surface area contributed by atoms with Crippen LogP contribution in [0.4, 0.5) is 0 Å². The maximum atomic E-state index is 2.28. The van der Waals surface area contributed by atoms with E-state index in [-0.39, 0.29) is 24.8 Å².